The van der Waals surface area contributed by atoms with Gasteiger partial charge in [-0.25, -0.2) is 9.37 Å². The molecule has 24 heavy (non-hydrogen) atoms. The number of imidazole rings is 1. The maximum atomic E-state index is 14.0. The number of hydrogen-bond acceptors (Lipinski definition) is 3. The van der Waals surface area contributed by atoms with E-state index in [1.807, 2.05) is 6.07 Å². The van der Waals surface area contributed by atoms with Crippen LogP contribution in [-0.2, 0) is 13.1 Å². The Morgan fingerprint density at radius 1 is 1.33 bits per heavy atom. The summed E-state index contributed by atoms with van der Waals surface area (Å²) in [4.78, 5) is 6.94. The van der Waals surface area contributed by atoms with E-state index in [9.17, 15) is 4.39 Å². The minimum atomic E-state index is -0.244. The monoisotopic (exact) mass is 376 g/mol. The van der Waals surface area contributed by atoms with Crippen LogP contribution < -0.4 is 5.73 Å². The highest BCUT2D eigenvalue weighted by Gasteiger charge is 2.33. The van der Waals surface area contributed by atoms with Gasteiger partial charge < -0.3 is 10.3 Å². The molecule has 4 nitrogen and oxygen atoms in total. The van der Waals surface area contributed by atoms with E-state index in [1.165, 1.54) is 6.07 Å². The summed E-state index contributed by atoms with van der Waals surface area (Å²) in [6.45, 7) is 9.97. The minimum Gasteiger partial charge on any atom is -0.327 e. The molecule has 1 unspecified atom stereocenters. The number of para-hydroxylation sites is 1. The molecule has 0 aliphatic carbocycles. The zero-order chi connectivity index (χ0) is 15.9. The Kier molecular flexibility index (Phi) is 7.05. The number of fused-ring (bicyclic) bond motifs is 1. The molecule has 2 aromatic rings. The Bertz CT molecular complexity index is 687. The molecular weight excluding hydrogens is 350 g/mol. The zero-order valence-corrected chi connectivity index (χ0v) is 16.1. The fraction of sp³-hybridized carbons (Fsp3) is 0.588. The first-order valence-electron chi connectivity index (χ1n) is 8.04. The number of aryl methyl sites for hydroxylation is 1. The number of piperidine rings is 1. The molecule has 0 radical (unpaired) electrons. The summed E-state index contributed by atoms with van der Waals surface area (Å²) in [6, 6.07) is 5.40. The van der Waals surface area contributed by atoms with Crippen LogP contribution in [0.1, 0.15) is 33.0 Å². The van der Waals surface area contributed by atoms with Crippen LogP contribution in [0.25, 0.3) is 11.0 Å². The van der Waals surface area contributed by atoms with Crippen LogP contribution in [0.2, 0.25) is 0 Å². The molecule has 1 saturated heterocycles. The van der Waals surface area contributed by atoms with E-state index in [1.54, 1.807) is 6.07 Å². The maximum absolute atomic E-state index is 14.0. The molecule has 7 heteroatoms. The number of nitrogens with two attached hydrogens (primary N) is 1. The maximum Gasteiger partial charge on any atom is 0.151 e. The third-order valence-electron chi connectivity index (χ3n) is 4.88. The first-order chi connectivity index (χ1) is 10.4. The summed E-state index contributed by atoms with van der Waals surface area (Å²) in [5.41, 5.74) is 7.67. The molecule has 2 N–H and O–H groups in total. The smallest absolute Gasteiger partial charge is 0.151 e. The summed E-state index contributed by atoms with van der Waals surface area (Å²) in [7, 11) is 0. The van der Waals surface area contributed by atoms with Crippen molar-refractivity contribution in [2.75, 3.05) is 13.1 Å². The predicted molar refractivity (Wildman–Crippen MR) is 102 cm³/mol. The molecule has 2 heterocycles. The van der Waals surface area contributed by atoms with Crippen molar-refractivity contribution < 1.29 is 4.39 Å². The van der Waals surface area contributed by atoms with Crippen LogP contribution in [0.5, 0.6) is 0 Å². The molecule has 0 spiro atoms. The van der Waals surface area contributed by atoms with Gasteiger partial charge in [0.2, 0.25) is 0 Å². The van der Waals surface area contributed by atoms with Crippen LogP contribution in [0.3, 0.4) is 0 Å². The van der Waals surface area contributed by atoms with E-state index < -0.39 is 0 Å². The van der Waals surface area contributed by atoms with Crippen LogP contribution in [-0.4, -0.2) is 33.6 Å². The standard InChI is InChI=1S/C17H25FN4.2ClH/c1-4-22-13-7-5-6-12(18)16(13)20-15(22)10-21-9-8-14(19)17(2,3)11-21;;/h5-7,14H,4,8-11,19H2,1-3H3;2*1H. The number of benzene rings is 1. The van der Waals surface area contributed by atoms with E-state index in [0.29, 0.717) is 5.52 Å². The van der Waals surface area contributed by atoms with Crippen LogP contribution >= 0.6 is 24.8 Å². The van der Waals surface area contributed by atoms with Gasteiger partial charge in [0, 0.05) is 25.7 Å². The third-order valence-corrected chi connectivity index (χ3v) is 4.88. The molecule has 1 aliphatic heterocycles. The second kappa shape index (κ2) is 8.00. The molecule has 0 bridgehead atoms. The van der Waals surface area contributed by atoms with Crippen molar-refractivity contribution in [3.05, 3.63) is 29.8 Å². The highest BCUT2D eigenvalue weighted by atomic mass is 35.5. The van der Waals surface area contributed by atoms with Gasteiger partial charge in [0.25, 0.3) is 0 Å². The molecule has 136 valence electrons. The number of aromatic nitrogens is 2. The van der Waals surface area contributed by atoms with Gasteiger partial charge >= 0.3 is 0 Å². The number of rotatable bonds is 3. The molecular formula is C17H27Cl2FN4. The number of halogens is 3. The van der Waals surface area contributed by atoms with E-state index in [4.69, 9.17) is 5.73 Å². The molecule has 1 aliphatic rings. The fourth-order valence-electron chi connectivity index (χ4n) is 3.45. The summed E-state index contributed by atoms with van der Waals surface area (Å²) < 4.78 is 16.1. The molecule has 3 rings (SSSR count). The average molecular weight is 377 g/mol. The quantitative estimate of drug-likeness (QED) is 0.889. The van der Waals surface area contributed by atoms with E-state index in [-0.39, 0.29) is 42.1 Å². The highest BCUT2D eigenvalue weighted by molar-refractivity contribution is 5.85. The predicted octanol–water partition coefficient (Wildman–Crippen LogP) is 3.60. The van der Waals surface area contributed by atoms with Crippen molar-refractivity contribution in [1.29, 1.82) is 0 Å². The Balaban J connectivity index is 0.00000144. The first-order valence-corrected chi connectivity index (χ1v) is 8.04. The number of nitrogens with zero attached hydrogens (tertiary/aromatic N) is 3. The molecule has 1 fully saturated rings. The summed E-state index contributed by atoms with van der Waals surface area (Å²) in [5.74, 6) is 0.695. The van der Waals surface area contributed by atoms with Gasteiger partial charge in [-0.15, -0.1) is 24.8 Å². The second-order valence-electron chi connectivity index (χ2n) is 6.97. The van der Waals surface area contributed by atoms with Gasteiger partial charge in [-0.05, 0) is 30.9 Å². The topological polar surface area (TPSA) is 47.1 Å². The minimum absolute atomic E-state index is 0. The summed E-state index contributed by atoms with van der Waals surface area (Å²) >= 11 is 0. The van der Waals surface area contributed by atoms with Crippen LogP contribution in [0.4, 0.5) is 4.39 Å². The Morgan fingerprint density at radius 2 is 2.04 bits per heavy atom. The number of likely N-dealkylation sites (tertiary alicyclic amines) is 1. The van der Waals surface area contributed by atoms with E-state index in [0.717, 1.165) is 43.9 Å². The lowest BCUT2D eigenvalue weighted by Gasteiger charge is -2.42. The third kappa shape index (κ3) is 3.85. The highest BCUT2D eigenvalue weighted by Crippen LogP contribution is 2.29. The fourth-order valence-corrected chi connectivity index (χ4v) is 3.45. The van der Waals surface area contributed by atoms with Crippen molar-refractivity contribution in [2.45, 2.75) is 46.3 Å². The largest absolute Gasteiger partial charge is 0.327 e. The Labute approximate surface area is 155 Å². The lowest BCUT2D eigenvalue weighted by molar-refractivity contribution is 0.0871. The lowest BCUT2D eigenvalue weighted by atomic mass is 9.80. The van der Waals surface area contributed by atoms with Gasteiger partial charge in [-0.2, -0.15) is 0 Å². The molecule has 1 aromatic carbocycles. The van der Waals surface area contributed by atoms with Crippen LogP contribution in [0.15, 0.2) is 18.2 Å². The Morgan fingerprint density at radius 3 is 2.67 bits per heavy atom. The van der Waals surface area contributed by atoms with Gasteiger partial charge in [0.15, 0.2) is 5.82 Å². The molecule has 0 amide bonds. The van der Waals surface area contributed by atoms with Crippen molar-refractivity contribution in [3.63, 3.8) is 0 Å². The van der Waals surface area contributed by atoms with Gasteiger partial charge in [-0.3, -0.25) is 4.90 Å². The van der Waals surface area contributed by atoms with Crippen molar-refractivity contribution in [2.24, 2.45) is 11.1 Å². The SMILES string of the molecule is CCn1c(CN2CCC(N)C(C)(C)C2)nc2c(F)cccc21.Cl.Cl. The van der Waals surface area contributed by atoms with Crippen LogP contribution in [0, 0.1) is 11.2 Å². The van der Waals surface area contributed by atoms with Gasteiger partial charge in [0.05, 0.1) is 12.1 Å². The Hall–Kier alpha value is -0.880. The lowest BCUT2D eigenvalue weighted by Crippen LogP contribution is -2.52. The normalized spacial score (nSPS) is 20.5. The molecule has 1 aromatic heterocycles. The first kappa shape index (κ1) is 21.2. The second-order valence-corrected chi connectivity index (χ2v) is 6.97. The van der Waals surface area contributed by atoms with Crippen molar-refractivity contribution >= 4 is 35.8 Å². The molecule has 1 atom stereocenters. The van der Waals surface area contributed by atoms with E-state index in [2.05, 4.69) is 35.2 Å². The average Bonchev–Trinajstić information content (AvgIpc) is 2.81. The van der Waals surface area contributed by atoms with Crippen molar-refractivity contribution in [3.8, 4) is 0 Å². The zero-order valence-electron chi connectivity index (χ0n) is 14.5. The van der Waals surface area contributed by atoms with Crippen molar-refractivity contribution in [1.82, 2.24) is 14.5 Å². The summed E-state index contributed by atoms with van der Waals surface area (Å²) in [5, 5.41) is 0. The number of hydrogen-bond donors (Lipinski definition) is 1. The van der Waals surface area contributed by atoms with Gasteiger partial charge in [-0.1, -0.05) is 19.9 Å². The van der Waals surface area contributed by atoms with Gasteiger partial charge in [0.1, 0.15) is 11.3 Å². The summed E-state index contributed by atoms with van der Waals surface area (Å²) in [6.07, 6.45) is 0.994. The molecule has 0 saturated carbocycles. The van der Waals surface area contributed by atoms with E-state index >= 15 is 0 Å².